The average molecular weight is 346 g/mol. The highest BCUT2D eigenvalue weighted by Crippen LogP contribution is 2.30. The lowest BCUT2D eigenvalue weighted by molar-refractivity contribution is 0.299. The molecule has 0 spiro atoms. The van der Waals surface area contributed by atoms with Gasteiger partial charge in [-0.25, -0.2) is 8.42 Å². The van der Waals surface area contributed by atoms with Crippen LogP contribution in [0.2, 0.25) is 10.0 Å². The van der Waals surface area contributed by atoms with E-state index in [1.54, 1.807) is 24.3 Å². The van der Waals surface area contributed by atoms with Crippen LogP contribution in [0.25, 0.3) is 0 Å². The van der Waals surface area contributed by atoms with Crippen molar-refractivity contribution in [2.75, 3.05) is 11.3 Å². The van der Waals surface area contributed by atoms with Gasteiger partial charge < -0.3 is 5.11 Å². The first-order chi connectivity index (χ1) is 9.94. The third-order valence-electron chi connectivity index (χ3n) is 2.81. The number of hydrogen-bond donors (Lipinski definition) is 2. The largest absolute Gasteiger partial charge is 0.396 e. The maximum atomic E-state index is 12.3. The molecular formula is C14H13Cl2NO3S. The Kier molecular flexibility index (Phi) is 5.11. The fraction of sp³-hybridized carbons (Fsp3) is 0.143. The van der Waals surface area contributed by atoms with E-state index in [1.807, 2.05) is 0 Å². The Balaban J connectivity index is 2.27. The van der Waals surface area contributed by atoms with Gasteiger partial charge in [0.05, 0.1) is 10.0 Å². The van der Waals surface area contributed by atoms with Gasteiger partial charge in [0.2, 0.25) is 0 Å². The van der Waals surface area contributed by atoms with Crippen molar-refractivity contribution in [3.8, 4) is 0 Å². The predicted octanol–water partition coefficient (Wildman–Crippen LogP) is 3.33. The first kappa shape index (κ1) is 16.1. The lowest BCUT2D eigenvalue weighted by Crippen LogP contribution is -2.13. The van der Waals surface area contributed by atoms with E-state index in [0.717, 1.165) is 5.56 Å². The summed E-state index contributed by atoms with van der Waals surface area (Å²) in [5.41, 5.74) is 1.33. The number of halogens is 2. The van der Waals surface area contributed by atoms with Gasteiger partial charge in [0.25, 0.3) is 10.0 Å². The lowest BCUT2D eigenvalue weighted by Gasteiger charge is -2.10. The van der Waals surface area contributed by atoms with Gasteiger partial charge in [0, 0.05) is 12.3 Å². The van der Waals surface area contributed by atoms with Gasteiger partial charge in [0.1, 0.15) is 4.90 Å². The van der Waals surface area contributed by atoms with E-state index in [4.69, 9.17) is 28.3 Å². The Morgan fingerprint density at radius 1 is 1.05 bits per heavy atom. The van der Waals surface area contributed by atoms with E-state index in [9.17, 15) is 8.42 Å². The fourth-order valence-corrected chi connectivity index (χ4v) is 3.59. The molecule has 0 saturated carbocycles. The number of benzene rings is 2. The summed E-state index contributed by atoms with van der Waals surface area (Å²) < 4.78 is 27.0. The zero-order valence-electron chi connectivity index (χ0n) is 10.9. The Hall–Kier alpha value is -1.27. The fourth-order valence-electron chi connectivity index (χ4n) is 1.77. The van der Waals surface area contributed by atoms with Crippen molar-refractivity contribution in [3.05, 3.63) is 58.1 Å². The van der Waals surface area contributed by atoms with Gasteiger partial charge in [-0.15, -0.1) is 0 Å². The maximum absolute atomic E-state index is 12.3. The second-order valence-electron chi connectivity index (χ2n) is 4.33. The highest BCUT2D eigenvalue weighted by atomic mass is 35.5. The molecular weight excluding hydrogens is 333 g/mol. The van der Waals surface area contributed by atoms with Gasteiger partial charge in [-0.1, -0.05) is 41.4 Å². The molecule has 0 unspecified atom stereocenters. The standard InChI is InChI=1S/C14H13Cl2NO3S/c15-12-2-1-3-13(14(12)16)21(19,20)17-11-6-4-10(5-7-11)8-9-18/h1-7,17-18H,8-9H2. The second kappa shape index (κ2) is 6.66. The molecule has 21 heavy (non-hydrogen) atoms. The summed E-state index contributed by atoms with van der Waals surface area (Å²) in [6.07, 6.45) is 0.521. The normalized spacial score (nSPS) is 11.4. The smallest absolute Gasteiger partial charge is 0.263 e. The Morgan fingerprint density at radius 3 is 2.33 bits per heavy atom. The third-order valence-corrected chi connectivity index (χ3v) is 5.17. The molecule has 7 heteroatoms. The molecule has 0 aliphatic rings. The van der Waals surface area contributed by atoms with Crippen LogP contribution in [-0.2, 0) is 16.4 Å². The van der Waals surface area contributed by atoms with Gasteiger partial charge in [-0.3, -0.25) is 4.72 Å². The quantitative estimate of drug-likeness (QED) is 0.873. The van der Waals surface area contributed by atoms with Crippen LogP contribution < -0.4 is 4.72 Å². The summed E-state index contributed by atoms with van der Waals surface area (Å²) in [7, 11) is -3.81. The number of anilines is 1. The molecule has 2 N–H and O–H groups in total. The molecule has 0 fully saturated rings. The molecule has 0 bridgehead atoms. The molecule has 0 amide bonds. The van der Waals surface area contributed by atoms with Crippen molar-refractivity contribution in [2.45, 2.75) is 11.3 Å². The van der Waals surface area contributed by atoms with Crippen molar-refractivity contribution < 1.29 is 13.5 Å². The minimum atomic E-state index is -3.81. The number of nitrogens with one attached hydrogen (secondary N) is 1. The number of rotatable bonds is 5. The van der Waals surface area contributed by atoms with Crippen LogP contribution in [0.4, 0.5) is 5.69 Å². The highest BCUT2D eigenvalue weighted by molar-refractivity contribution is 7.92. The molecule has 2 rings (SSSR count). The van der Waals surface area contributed by atoms with Gasteiger partial charge in [0.15, 0.2) is 0 Å². The molecule has 0 radical (unpaired) electrons. The first-order valence-electron chi connectivity index (χ1n) is 6.10. The summed E-state index contributed by atoms with van der Waals surface area (Å²) in [5, 5.41) is 9.01. The maximum Gasteiger partial charge on any atom is 0.263 e. The van der Waals surface area contributed by atoms with Crippen molar-refractivity contribution in [1.82, 2.24) is 0 Å². The first-order valence-corrected chi connectivity index (χ1v) is 8.34. The number of hydrogen-bond acceptors (Lipinski definition) is 3. The van der Waals surface area contributed by atoms with Crippen LogP contribution in [0.3, 0.4) is 0 Å². The second-order valence-corrected chi connectivity index (χ2v) is 6.76. The zero-order valence-corrected chi connectivity index (χ0v) is 13.2. The van der Waals surface area contributed by atoms with Crippen LogP contribution in [0.15, 0.2) is 47.4 Å². The van der Waals surface area contributed by atoms with E-state index in [2.05, 4.69) is 4.72 Å². The molecule has 4 nitrogen and oxygen atoms in total. The summed E-state index contributed by atoms with van der Waals surface area (Å²) >= 11 is 11.8. The van der Waals surface area contributed by atoms with E-state index >= 15 is 0 Å². The van der Waals surface area contributed by atoms with Gasteiger partial charge in [-0.05, 0) is 36.2 Å². The molecule has 0 saturated heterocycles. The van der Waals surface area contributed by atoms with Crippen LogP contribution in [-0.4, -0.2) is 20.1 Å². The van der Waals surface area contributed by atoms with E-state index in [0.29, 0.717) is 12.1 Å². The van der Waals surface area contributed by atoms with E-state index < -0.39 is 10.0 Å². The Morgan fingerprint density at radius 2 is 1.71 bits per heavy atom. The van der Waals surface area contributed by atoms with Crippen LogP contribution in [0.5, 0.6) is 0 Å². The molecule has 2 aromatic carbocycles. The number of aliphatic hydroxyl groups is 1. The van der Waals surface area contributed by atoms with Gasteiger partial charge >= 0.3 is 0 Å². The van der Waals surface area contributed by atoms with Crippen LogP contribution in [0.1, 0.15) is 5.56 Å². The minimum Gasteiger partial charge on any atom is -0.396 e. The number of aliphatic hydroxyl groups excluding tert-OH is 1. The summed E-state index contributed by atoms with van der Waals surface area (Å²) in [4.78, 5) is -0.0731. The van der Waals surface area contributed by atoms with Crippen molar-refractivity contribution in [2.24, 2.45) is 0 Å². The highest BCUT2D eigenvalue weighted by Gasteiger charge is 2.19. The summed E-state index contributed by atoms with van der Waals surface area (Å²) in [5.74, 6) is 0. The van der Waals surface area contributed by atoms with Crippen LogP contribution in [0, 0.1) is 0 Å². The monoisotopic (exact) mass is 345 g/mol. The van der Waals surface area contributed by atoms with Crippen molar-refractivity contribution in [1.29, 1.82) is 0 Å². The van der Waals surface area contributed by atoms with Gasteiger partial charge in [-0.2, -0.15) is 0 Å². The van der Waals surface area contributed by atoms with E-state index in [-0.39, 0.29) is 21.5 Å². The molecule has 0 atom stereocenters. The Bertz CT molecular complexity index is 730. The van der Waals surface area contributed by atoms with Crippen LogP contribution >= 0.6 is 23.2 Å². The van der Waals surface area contributed by atoms with E-state index in [1.165, 1.54) is 18.2 Å². The topological polar surface area (TPSA) is 66.4 Å². The average Bonchev–Trinajstić information content (AvgIpc) is 2.44. The predicted molar refractivity (Wildman–Crippen MR) is 84.5 cm³/mol. The summed E-state index contributed by atoms with van der Waals surface area (Å²) in [6.45, 7) is 0.0448. The molecule has 0 aliphatic heterocycles. The van der Waals surface area contributed by atoms with Crippen molar-refractivity contribution in [3.63, 3.8) is 0 Å². The number of sulfonamides is 1. The lowest BCUT2D eigenvalue weighted by atomic mass is 10.1. The zero-order chi connectivity index (χ0) is 15.5. The van der Waals surface area contributed by atoms with Crippen molar-refractivity contribution >= 4 is 38.9 Å². The SMILES string of the molecule is O=S(=O)(Nc1ccc(CCO)cc1)c1cccc(Cl)c1Cl. The minimum absolute atomic E-state index is 0.0106. The molecule has 112 valence electrons. The molecule has 2 aromatic rings. The molecule has 0 aliphatic carbocycles. The molecule has 0 heterocycles. The third kappa shape index (κ3) is 3.89. The summed E-state index contributed by atoms with van der Waals surface area (Å²) in [6, 6.07) is 11.2. The Labute approximate surface area is 133 Å². The molecule has 0 aromatic heterocycles.